The van der Waals surface area contributed by atoms with Gasteiger partial charge < -0.3 is 14.7 Å². The van der Waals surface area contributed by atoms with Crippen molar-refractivity contribution in [2.75, 3.05) is 43.1 Å². The van der Waals surface area contributed by atoms with Gasteiger partial charge in [0, 0.05) is 31.9 Å². The number of methoxy groups -OCH3 is 1. The Balaban J connectivity index is 0.00000361. The summed E-state index contributed by atoms with van der Waals surface area (Å²) in [5, 5.41) is 10.2. The predicted octanol–water partition coefficient (Wildman–Crippen LogP) is 6.14. The smallest absolute Gasteiger partial charge is 0.413 e. The number of piperazine rings is 1. The van der Waals surface area contributed by atoms with Crippen LogP contribution in [0.2, 0.25) is 0 Å². The summed E-state index contributed by atoms with van der Waals surface area (Å²) in [6.07, 6.45) is 1.42. The highest BCUT2D eigenvalue weighted by atomic mass is 35.5. The van der Waals surface area contributed by atoms with Crippen molar-refractivity contribution in [2.24, 2.45) is 0 Å². The molecule has 0 spiro atoms. The first kappa shape index (κ1) is 27.4. The first-order valence-corrected chi connectivity index (χ1v) is 12.4. The molecule has 0 radical (unpaired) electrons. The van der Waals surface area contributed by atoms with Gasteiger partial charge in [0.15, 0.2) is 0 Å². The molecule has 1 unspecified atom stereocenters. The van der Waals surface area contributed by atoms with Crippen molar-refractivity contribution in [1.82, 2.24) is 4.90 Å². The lowest BCUT2D eigenvalue weighted by Crippen LogP contribution is -2.57. The van der Waals surface area contributed by atoms with Crippen LogP contribution in [0.5, 0.6) is 5.75 Å². The van der Waals surface area contributed by atoms with Crippen LogP contribution in [0.3, 0.4) is 0 Å². The van der Waals surface area contributed by atoms with Crippen LogP contribution in [-0.2, 0) is 6.42 Å². The summed E-state index contributed by atoms with van der Waals surface area (Å²) in [6, 6.07) is 26.4. The van der Waals surface area contributed by atoms with Gasteiger partial charge in [-0.3, -0.25) is 9.80 Å². The molecule has 3 aromatic carbocycles. The third kappa shape index (κ3) is 6.50. The van der Waals surface area contributed by atoms with Crippen molar-refractivity contribution >= 4 is 29.9 Å². The Morgan fingerprint density at radius 1 is 0.917 bits per heavy atom. The van der Waals surface area contributed by atoms with Crippen LogP contribution in [0.1, 0.15) is 30.9 Å². The summed E-state index contributed by atoms with van der Waals surface area (Å²) in [4.78, 5) is 18.7. The lowest BCUT2D eigenvalue weighted by molar-refractivity contribution is 0.151. The fraction of sp³-hybridized carbons (Fsp3) is 0.345. The van der Waals surface area contributed by atoms with Gasteiger partial charge in [0.1, 0.15) is 5.75 Å². The summed E-state index contributed by atoms with van der Waals surface area (Å²) in [5.41, 5.74) is 4.22. The zero-order valence-corrected chi connectivity index (χ0v) is 21.9. The van der Waals surface area contributed by atoms with Gasteiger partial charge in [-0.05, 0) is 48.2 Å². The number of halogens is 1. The van der Waals surface area contributed by atoms with Gasteiger partial charge in [-0.2, -0.15) is 0 Å². The maximum Gasteiger partial charge on any atom is 0.413 e. The molecule has 7 heteroatoms. The lowest BCUT2D eigenvalue weighted by atomic mass is 10.0. The van der Waals surface area contributed by atoms with E-state index in [0.29, 0.717) is 0 Å². The summed E-state index contributed by atoms with van der Waals surface area (Å²) >= 11 is 0. The molecule has 1 heterocycles. The highest BCUT2D eigenvalue weighted by molar-refractivity contribution is 5.86. The third-order valence-electron chi connectivity index (χ3n) is 6.68. The molecule has 4 rings (SSSR count). The Kier molecular flexibility index (Phi) is 10.0. The van der Waals surface area contributed by atoms with E-state index in [-0.39, 0.29) is 18.6 Å². The number of carboxylic acid groups (broad SMARTS) is 1. The summed E-state index contributed by atoms with van der Waals surface area (Å²) in [6.45, 7) is 5.34. The number of nitrogens with zero attached hydrogens (tertiary/aromatic N) is 3. The zero-order chi connectivity index (χ0) is 24.6. The Morgan fingerprint density at radius 3 is 2.14 bits per heavy atom. The fourth-order valence-corrected chi connectivity index (χ4v) is 4.90. The van der Waals surface area contributed by atoms with Crippen LogP contribution in [0.25, 0.3) is 0 Å². The van der Waals surface area contributed by atoms with Gasteiger partial charge in [0.2, 0.25) is 0 Å². The molecule has 0 aliphatic carbocycles. The van der Waals surface area contributed by atoms with Crippen molar-refractivity contribution < 1.29 is 14.6 Å². The molecule has 1 aliphatic rings. The van der Waals surface area contributed by atoms with Gasteiger partial charge in [0.05, 0.1) is 19.0 Å². The Hall–Kier alpha value is -3.22. The van der Waals surface area contributed by atoms with E-state index >= 15 is 0 Å². The lowest BCUT2D eigenvalue weighted by Gasteiger charge is -2.43. The highest BCUT2D eigenvalue weighted by Crippen LogP contribution is 2.30. The molecule has 1 atom stereocenters. The molecule has 1 saturated heterocycles. The molecule has 1 amide bonds. The van der Waals surface area contributed by atoms with Crippen LogP contribution in [0.4, 0.5) is 16.2 Å². The number of carbonyl (C=O) groups is 1. The minimum Gasteiger partial charge on any atom is -0.495 e. The van der Waals surface area contributed by atoms with Gasteiger partial charge in [-0.15, -0.1) is 12.4 Å². The van der Waals surface area contributed by atoms with Crippen LogP contribution < -0.4 is 14.5 Å². The number of anilines is 2. The molecule has 1 aliphatic heterocycles. The van der Waals surface area contributed by atoms with Crippen molar-refractivity contribution in [3.8, 4) is 5.75 Å². The molecular formula is C29H36ClN3O3. The van der Waals surface area contributed by atoms with Gasteiger partial charge in [0.25, 0.3) is 0 Å². The number of ether oxygens (including phenoxy) is 1. The summed E-state index contributed by atoms with van der Waals surface area (Å²) < 4.78 is 5.54. The molecule has 0 aromatic heterocycles. The monoisotopic (exact) mass is 509 g/mol. The van der Waals surface area contributed by atoms with Gasteiger partial charge in [-0.1, -0.05) is 67.9 Å². The first-order chi connectivity index (χ1) is 17.1. The molecule has 36 heavy (non-hydrogen) atoms. The maximum absolute atomic E-state index is 12.5. The van der Waals surface area contributed by atoms with E-state index < -0.39 is 6.09 Å². The van der Waals surface area contributed by atoms with E-state index in [1.807, 2.05) is 60.7 Å². The number of rotatable bonds is 9. The third-order valence-corrected chi connectivity index (χ3v) is 6.68. The molecule has 1 N–H and O–H groups in total. The summed E-state index contributed by atoms with van der Waals surface area (Å²) in [7, 11) is 1.70. The average Bonchev–Trinajstić information content (AvgIpc) is 2.90. The molecule has 1 fully saturated rings. The molecule has 6 nitrogen and oxygen atoms in total. The standard InChI is InChI=1S/C29H35N3O3.ClH/c1-3-9-28(31-20-18-30(19-21-31)26-12-7-8-13-27(26)35-2)32(29(33)34)25-16-14-24(15-17-25)22-23-10-5-4-6-11-23;/h4-8,10-17,28H,3,9,18-22H2,1-2H3,(H,33,34);1H. The SMILES string of the molecule is CCCC(N1CCN(c2ccccc2OC)CC1)N(C(=O)O)c1ccc(Cc2ccccc2)cc1.Cl. The van der Waals surface area contributed by atoms with Gasteiger partial charge >= 0.3 is 6.09 Å². The number of hydrogen-bond donors (Lipinski definition) is 1. The quantitative estimate of drug-likeness (QED) is 0.375. The second-order valence-electron chi connectivity index (χ2n) is 8.95. The molecule has 0 saturated carbocycles. The minimum atomic E-state index is -0.911. The zero-order valence-electron chi connectivity index (χ0n) is 21.0. The fourth-order valence-electron chi connectivity index (χ4n) is 4.90. The van der Waals surface area contributed by atoms with E-state index in [4.69, 9.17) is 4.74 Å². The number of para-hydroxylation sites is 2. The number of hydrogen-bond acceptors (Lipinski definition) is 4. The van der Waals surface area contributed by atoms with Crippen molar-refractivity contribution in [2.45, 2.75) is 32.4 Å². The largest absolute Gasteiger partial charge is 0.495 e. The number of benzene rings is 3. The van der Waals surface area contributed by atoms with Crippen LogP contribution in [-0.4, -0.2) is 55.6 Å². The topological polar surface area (TPSA) is 56.2 Å². The second kappa shape index (κ2) is 13.2. The Bertz CT molecular complexity index is 1090. The van der Waals surface area contributed by atoms with Gasteiger partial charge in [-0.25, -0.2) is 4.79 Å². The number of amides is 1. The average molecular weight is 510 g/mol. The maximum atomic E-state index is 12.5. The molecule has 0 bridgehead atoms. The van der Waals surface area contributed by atoms with Crippen molar-refractivity contribution in [3.05, 3.63) is 90.0 Å². The second-order valence-corrected chi connectivity index (χ2v) is 8.95. The first-order valence-electron chi connectivity index (χ1n) is 12.4. The van der Waals surface area contributed by atoms with Crippen molar-refractivity contribution in [1.29, 1.82) is 0 Å². The normalized spacial score (nSPS) is 14.6. The Morgan fingerprint density at radius 2 is 1.53 bits per heavy atom. The Labute approximate surface area is 220 Å². The van der Waals surface area contributed by atoms with E-state index in [0.717, 1.165) is 62.6 Å². The van der Waals surface area contributed by atoms with Crippen LogP contribution in [0, 0.1) is 0 Å². The van der Waals surface area contributed by atoms with E-state index in [1.165, 1.54) is 11.1 Å². The molecule has 192 valence electrons. The van der Waals surface area contributed by atoms with Crippen LogP contribution >= 0.6 is 12.4 Å². The minimum absolute atomic E-state index is 0. The summed E-state index contributed by atoms with van der Waals surface area (Å²) in [5.74, 6) is 0.869. The predicted molar refractivity (Wildman–Crippen MR) is 149 cm³/mol. The van der Waals surface area contributed by atoms with Crippen LogP contribution in [0.15, 0.2) is 78.9 Å². The van der Waals surface area contributed by atoms with E-state index in [9.17, 15) is 9.90 Å². The molecule has 3 aromatic rings. The molecular weight excluding hydrogens is 474 g/mol. The van der Waals surface area contributed by atoms with E-state index in [2.05, 4.69) is 34.9 Å². The van der Waals surface area contributed by atoms with E-state index in [1.54, 1.807) is 12.0 Å². The highest BCUT2D eigenvalue weighted by Gasteiger charge is 2.32. The van der Waals surface area contributed by atoms with Crippen molar-refractivity contribution in [3.63, 3.8) is 0 Å².